The monoisotopic (exact) mass is 346 g/mol. The van der Waals surface area contributed by atoms with Crippen molar-refractivity contribution in [2.24, 2.45) is 0 Å². The molecular weight excluding hydrogens is 324 g/mol. The number of nitrogens with zero attached hydrogens (tertiary/aromatic N) is 1. The summed E-state index contributed by atoms with van der Waals surface area (Å²) in [6.45, 7) is 2.77. The van der Waals surface area contributed by atoms with E-state index in [4.69, 9.17) is 0 Å². The Morgan fingerprint density at radius 2 is 1.58 bits per heavy atom. The summed E-state index contributed by atoms with van der Waals surface area (Å²) in [4.78, 5) is 24.9. The van der Waals surface area contributed by atoms with E-state index < -0.39 is 0 Å². The van der Waals surface area contributed by atoms with Crippen LogP contribution in [-0.2, 0) is 11.3 Å². The van der Waals surface area contributed by atoms with Crippen molar-refractivity contribution in [2.75, 3.05) is 6.54 Å². The first-order valence-corrected chi connectivity index (χ1v) is 8.71. The molecule has 3 aromatic rings. The zero-order valence-electron chi connectivity index (χ0n) is 14.8. The molecule has 0 bridgehead atoms. The van der Waals surface area contributed by atoms with Crippen molar-refractivity contribution >= 4 is 11.7 Å². The molecule has 3 rings (SSSR count). The summed E-state index contributed by atoms with van der Waals surface area (Å²) in [5.41, 5.74) is 2.32. The Kier molecular flexibility index (Phi) is 5.64. The third-order valence-electron chi connectivity index (χ3n) is 4.39. The van der Waals surface area contributed by atoms with E-state index >= 15 is 0 Å². The zero-order chi connectivity index (χ0) is 18.4. The minimum absolute atomic E-state index is 0.0824. The number of benzene rings is 2. The van der Waals surface area contributed by atoms with Gasteiger partial charge in [0.05, 0.1) is 5.69 Å². The summed E-state index contributed by atoms with van der Waals surface area (Å²) in [6, 6.07) is 22.7. The van der Waals surface area contributed by atoms with Gasteiger partial charge in [-0.3, -0.25) is 9.59 Å². The highest BCUT2D eigenvalue weighted by atomic mass is 16.2. The molecule has 0 radical (unpaired) electrons. The molecule has 1 unspecified atom stereocenters. The Hall–Kier alpha value is -3.14. The van der Waals surface area contributed by atoms with E-state index in [0.717, 1.165) is 0 Å². The number of ketones is 1. The first-order chi connectivity index (χ1) is 12.6. The SMILES string of the molecule is CC(CNC(=O)Cn1cccc1C(=O)c1ccccc1)c1ccccc1. The van der Waals surface area contributed by atoms with Gasteiger partial charge in [0.2, 0.25) is 11.7 Å². The molecule has 1 heterocycles. The Morgan fingerprint density at radius 3 is 2.27 bits per heavy atom. The number of aromatic nitrogens is 1. The minimum Gasteiger partial charge on any atom is -0.354 e. The molecule has 2 aromatic carbocycles. The van der Waals surface area contributed by atoms with Crippen LogP contribution in [0.5, 0.6) is 0 Å². The highest BCUT2D eigenvalue weighted by molar-refractivity contribution is 6.08. The molecule has 1 aromatic heterocycles. The number of hydrogen-bond donors (Lipinski definition) is 1. The van der Waals surface area contributed by atoms with E-state index in [1.165, 1.54) is 5.56 Å². The Morgan fingerprint density at radius 1 is 0.923 bits per heavy atom. The number of carbonyl (C=O) groups is 2. The number of carbonyl (C=O) groups excluding carboxylic acids is 2. The lowest BCUT2D eigenvalue weighted by molar-refractivity contribution is -0.121. The van der Waals surface area contributed by atoms with E-state index in [9.17, 15) is 9.59 Å². The van der Waals surface area contributed by atoms with Crippen molar-refractivity contribution in [2.45, 2.75) is 19.4 Å². The van der Waals surface area contributed by atoms with Crippen LogP contribution in [0.15, 0.2) is 79.0 Å². The Labute approximate surface area is 153 Å². The van der Waals surface area contributed by atoms with E-state index in [0.29, 0.717) is 17.8 Å². The molecule has 0 saturated heterocycles. The van der Waals surface area contributed by atoms with E-state index in [1.807, 2.05) is 36.4 Å². The lowest BCUT2D eigenvalue weighted by Crippen LogP contribution is -2.31. The van der Waals surface area contributed by atoms with Crippen molar-refractivity contribution < 1.29 is 9.59 Å². The van der Waals surface area contributed by atoms with Crippen LogP contribution in [0.25, 0.3) is 0 Å². The predicted octanol–water partition coefficient (Wildman–Crippen LogP) is 3.64. The molecule has 1 atom stereocenters. The van der Waals surface area contributed by atoms with Gasteiger partial charge in [0, 0.05) is 18.3 Å². The second-order valence-corrected chi connectivity index (χ2v) is 6.33. The fraction of sp³-hybridized carbons (Fsp3) is 0.182. The fourth-order valence-electron chi connectivity index (χ4n) is 2.87. The second-order valence-electron chi connectivity index (χ2n) is 6.33. The average molecular weight is 346 g/mol. The topological polar surface area (TPSA) is 51.1 Å². The second kappa shape index (κ2) is 8.30. The molecule has 1 N–H and O–H groups in total. The first-order valence-electron chi connectivity index (χ1n) is 8.71. The molecule has 0 aliphatic heterocycles. The summed E-state index contributed by atoms with van der Waals surface area (Å²) in [7, 11) is 0. The quantitative estimate of drug-likeness (QED) is 0.664. The van der Waals surface area contributed by atoms with Gasteiger partial charge < -0.3 is 9.88 Å². The maximum Gasteiger partial charge on any atom is 0.239 e. The molecular formula is C22H22N2O2. The summed E-state index contributed by atoms with van der Waals surface area (Å²) >= 11 is 0. The third-order valence-corrected chi connectivity index (χ3v) is 4.39. The average Bonchev–Trinajstić information content (AvgIpc) is 3.15. The molecule has 0 saturated carbocycles. The highest BCUT2D eigenvalue weighted by Crippen LogP contribution is 2.13. The maximum atomic E-state index is 12.6. The van der Waals surface area contributed by atoms with E-state index in [1.54, 1.807) is 35.0 Å². The van der Waals surface area contributed by atoms with Gasteiger partial charge in [0.1, 0.15) is 6.54 Å². The summed E-state index contributed by atoms with van der Waals surface area (Å²) in [5.74, 6) is 0.0439. The first kappa shape index (κ1) is 17.7. The molecule has 0 fully saturated rings. The van der Waals surface area contributed by atoms with E-state index in [2.05, 4.69) is 24.4 Å². The van der Waals surface area contributed by atoms with Gasteiger partial charge in [-0.2, -0.15) is 0 Å². The molecule has 0 aliphatic rings. The van der Waals surface area contributed by atoms with Gasteiger partial charge in [0.15, 0.2) is 0 Å². The standard InChI is InChI=1S/C22H22N2O2/c1-17(18-9-4-2-5-10-18)15-23-21(25)16-24-14-8-13-20(24)22(26)19-11-6-3-7-12-19/h2-14,17H,15-16H2,1H3,(H,23,25). The largest absolute Gasteiger partial charge is 0.354 e. The summed E-state index contributed by atoms with van der Waals surface area (Å²) in [5, 5.41) is 2.95. The van der Waals surface area contributed by atoms with Crippen molar-refractivity contribution in [1.29, 1.82) is 0 Å². The van der Waals surface area contributed by atoms with Crippen LogP contribution in [0, 0.1) is 0 Å². The molecule has 0 spiro atoms. The van der Waals surface area contributed by atoms with Crippen molar-refractivity contribution in [3.05, 3.63) is 95.8 Å². The van der Waals surface area contributed by atoms with Crippen LogP contribution in [0.4, 0.5) is 0 Å². The van der Waals surface area contributed by atoms with Gasteiger partial charge in [-0.05, 0) is 23.6 Å². The maximum absolute atomic E-state index is 12.6. The van der Waals surface area contributed by atoms with Gasteiger partial charge in [-0.1, -0.05) is 67.6 Å². The van der Waals surface area contributed by atoms with Crippen LogP contribution in [0.3, 0.4) is 0 Å². The molecule has 132 valence electrons. The van der Waals surface area contributed by atoms with Gasteiger partial charge >= 0.3 is 0 Å². The fourth-order valence-corrected chi connectivity index (χ4v) is 2.87. The molecule has 26 heavy (non-hydrogen) atoms. The molecule has 4 nitrogen and oxygen atoms in total. The van der Waals surface area contributed by atoms with Gasteiger partial charge in [0.25, 0.3) is 0 Å². The predicted molar refractivity (Wildman–Crippen MR) is 102 cm³/mol. The minimum atomic E-state index is -0.105. The van der Waals surface area contributed by atoms with Crippen LogP contribution in [0.1, 0.15) is 34.5 Å². The number of nitrogens with one attached hydrogen (secondary N) is 1. The zero-order valence-corrected chi connectivity index (χ0v) is 14.8. The highest BCUT2D eigenvalue weighted by Gasteiger charge is 2.15. The third kappa shape index (κ3) is 4.28. The van der Waals surface area contributed by atoms with Crippen molar-refractivity contribution in [3.8, 4) is 0 Å². The Balaban J connectivity index is 1.60. The number of rotatable bonds is 7. The van der Waals surface area contributed by atoms with Gasteiger partial charge in [-0.15, -0.1) is 0 Å². The van der Waals surface area contributed by atoms with Crippen molar-refractivity contribution in [1.82, 2.24) is 9.88 Å². The molecule has 0 aliphatic carbocycles. The smallest absolute Gasteiger partial charge is 0.239 e. The van der Waals surface area contributed by atoms with E-state index in [-0.39, 0.29) is 24.2 Å². The normalized spacial score (nSPS) is 11.7. The lowest BCUT2D eigenvalue weighted by atomic mass is 10.0. The summed E-state index contributed by atoms with van der Waals surface area (Å²) in [6.07, 6.45) is 1.76. The lowest BCUT2D eigenvalue weighted by Gasteiger charge is -2.14. The summed E-state index contributed by atoms with van der Waals surface area (Å²) < 4.78 is 1.69. The van der Waals surface area contributed by atoms with Gasteiger partial charge in [-0.25, -0.2) is 0 Å². The number of amides is 1. The number of hydrogen-bond acceptors (Lipinski definition) is 2. The van der Waals surface area contributed by atoms with Crippen LogP contribution >= 0.6 is 0 Å². The van der Waals surface area contributed by atoms with Crippen molar-refractivity contribution in [3.63, 3.8) is 0 Å². The van der Waals surface area contributed by atoms with Crippen LogP contribution in [0.2, 0.25) is 0 Å². The van der Waals surface area contributed by atoms with Crippen LogP contribution in [-0.4, -0.2) is 22.8 Å². The van der Waals surface area contributed by atoms with Crippen LogP contribution < -0.4 is 5.32 Å². The Bertz CT molecular complexity index is 869. The molecule has 4 heteroatoms. The molecule has 1 amide bonds.